The number of ether oxygens (including phenoxy) is 6. The van der Waals surface area contributed by atoms with Gasteiger partial charge in [0, 0.05) is 26.7 Å². The van der Waals surface area contributed by atoms with E-state index in [0.29, 0.717) is 17.5 Å². The summed E-state index contributed by atoms with van der Waals surface area (Å²) in [4.78, 5) is 24.7. The van der Waals surface area contributed by atoms with E-state index >= 15 is 0 Å². The predicted molar refractivity (Wildman–Crippen MR) is 128 cm³/mol. The number of hydrogen-bond acceptors (Lipinski definition) is 9. The lowest BCUT2D eigenvalue weighted by atomic mass is 9.96. The summed E-state index contributed by atoms with van der Waals surface area (Å²) in [5.74, 6) is -0.920. The van der Waals surface area contributed by atoms with Crippen molar-refractivity contribution in [2.24, 2.45) is 5.92 Å². The quantitative estimate of drug-likeness (QED) is 0.334. The average Bonchev–Trinajstić information content (AvgIpc) is 2.79. The summed E-state index contributed by atoms with van der Waals surface area (Å²) in [7, 11) is 5.55. The number of esters is 2. The van der Waals surface area contributed by atoms with Gasteiger partial charge in [0.25, 0.3) is 0 Å². The van der Waals surface area contributed by atoms with Gasteiger partial charge in [-0.1, -0.05) is 13.8 Å². The molecule has 0 aromatic heterocycles. The number of carbonyl (C=O) groups excluding carboxylic acids is 2. The lowest BCUT2D eigenvalue weighted by Crippen LogP contribution is -2.15. The molecule has 0 heterocycles. The van der Waals surface area contributed by atoms with Crippen LogP contribution in [0.2, 0.25) is 0 Å². The van der Waals surface area contributed by atoms with Crippen LogP contribution in [0.15, 0.2) is 24.3 Å². The molecule has 0 saturated heterocycles. The van der Waals surface area contributed by atoms with E-state index in [4.69, 9.17) is 28.4 Å². The zero-order valence-corrected chi connectivity index (χ0v) is 21.5. The van der Waals surface area contributed by atoms with Crippen LogP contribution in [-0.4, -0.2) is 45.5 Å². The molecule has 2 rings (SSSR count). The van der Waals surface area contributed by atoms with E-state index in [0.717, 1.165) is 5.56 Å². The summed E-state index contributed by atoms with van der Waals surface area (Å²) < 4.78 is 33.0. The van der Waals surface area contributed by atoms with Gasteiger partial charge in [-0.25, -0.2) is 4.79 Å². The molecule has 0 radical (unpaired) electrons. The molecule has 1 N–H and O–H groups in total. The van der Waals surface area contributed by atoms with Crippen molar-refractivity contribution < 1.29 is 43.1 Å². The summed E-state index contributed by atoms with van der Waals surface area (Å²) in [6, 6.07) is 6.46. The van der Waals surface area contributed by atoms with Crippen molar-refractivity contribution in [1.82, 2.24) is 0 Å². The van der Waals surface area contributed by atoms with Crippen LogP contribution in [0.25, 0.3) is 0 Å². The molecule has 2 aromatic carbocycles. The number of phenols is 1. The van der Waals surface area contributed by atoms with E-state index in [1.807, 2.05) is 13.8 Å². The van der Waals surface area contributed by atoms with Gasteiger partial charge in [0.15, 0.2) is 17.8 Å². The number of benzene rings is 2. The Morgan fingerprint density at radius 3 is 2.14 bits per heavy atom. The van der Waals surface area contributed by atoms with E-state index in [1.165, 1.54) is 41.4 Å². The number of rotatable bonds is 11. The molecule has 0 aliphatic carbocycles. The Bertz CT molecular complexity index is 1040. The van der Waals surface area contributed by atoms with Crippen LogP contribution in [0.1, 0.15) is 66.6 Å². The van der Waals surface area contributed by atoms with Gasteiger partial charge in [-0.3, -0.25) is 4.79 Å². The second kappa shape index (κ2) is 12.4. The minimum Gasteiger partial charge on any atom is -0.504 e. The Hall–Kier alpha value is -3.30. The zero-order valence-electron chi connectivity index (χ0n) is 21.5. The van der Waals surface area contributed by atoms with Crippen molar-refractivity contribution in [3.05, 3.63) is 46.5 Å². The van der Waals surface area contributed by atoms with Crippen molar-refractivity contribution in [3.63, 3.8) is 0 Å². The van der Waals surface area contributed by atoms with Gasteiger partial charge in [0.2, 0.25) is 0 Å². The Morgan fingerprint density at radius 1 is 0.971 bits per heavy atom. The first-order valence-electron chi connectivity index (χ1n) is 11.1. The fourth-order valence-corrected chi connectivity index (χ4v) is 3.83. The number of hydrogen-bond donors (Lipinski definition) is 1. The first-order valence-corrected chi connectivity index (χ1v) is 11.1. The van der Waals surface area contributed by atoms with Crippen molar-refractivity contribution in [3.8, 4) is 23.0 Å². The summed E-state index contributed by atoms with van der Waals surface area (Å²) in [5, 5.41) is 10.7. The first-order chi connectivity index (χ1) is 16.6. The Balaban J connectivity index is 2.74. The number of methoxy groups -OCH3 is 4. The summed E-state index contributed by atoms with van der Waals surface area (Å²) in [6.07, 6.45) is -0.990. The van der Waals surface area contributed by atoms with Crippen molar-refractivity contribution in [1.29, 1.82) is 0 Å². The van der Waals surface area contributed by atoms with Crippen LogP contribution in [0, 0.1) is 12.8 Å². The molecule has 0 unspecified atom stereocenters. The Morgan fingerprint density at radius 2 is 1.63 bits per heavy atom. The Kier molecular flexibility index (Phi) is 9.91. The van der Waals surface area contributed by atoms with Crippen LogP contribution in [-0.2, 0) is 23.7 Å². The average molecular weight is 491 g/mol. The van der Waals surface area contributed by atoms with E-state index in [-0.39, 0.29) is 34.5 Å². The van der Waals surface area contributed by atoms with Gasteiger partial charge in [-0.2, -0.15) is 0 Å². The molecule has 0 aliphatic heterocycles. The summed E-state index contributed by atoms with van der Waals surface area (Å²) >= 11 is 0. The lowest BCUT2D eigenvalue weighted by Gasteiger charge is -2.24. The minimum absolute atomic E-state index is 0.0225. The maximum absolute atomic E-state index is 12.9. The molecule has 9 heteroatoms. The number of aryl methyl sites for hydroxylation is 1. The van der Waals surface area contributed by atoms with Crippen molar-refractivity contribution >= 4 is 11.9 Å². The second-order valence-electron chi connectivity index (χ2n) is 8.39. The van der Waals surface area contributed by atoms with Gasteiger partial charge in [-0.05, 0) is 49.1 Å². The fourth-order valence-electron chi connectivity index (χ4n) is 3.83. The van der Waals surface area contributed by atoms with Crippen molar-refractivity contribution in [2.75, 3.05) is 28.4 Å². The van der Waals surface area contributed by atoms with Crippen LogP contribution in [0.4, 0.5) is 0 Å². The maximum atomic E-state index is 12.9. The lowest BCUT2D eigenvalue weighted by molar-refractivity contribution is -0.147. The number of carbonyl (C=O) groups is 2. The molecule has 0 spiro atoms. The van der Waals surface area contributed by atoms with Gasteiger partial charge in [0.05, 0.1) is 19.8 Å². The molecular formula is C26H34O9. The van der Waals surface area contributed by atoms with Gasteiger partial charge >= 0.3 is 11.9 Å². The molecule has 0 aliphatic rings. The highest BCUT2D eigenvalue weighted by molar-refractivity contribution is 5.96. The normalized spacial score (nSPS) is 11.9. The largest absolute Gasteiger partial charge is 0.504 e. The third-order valence-electron chi connectivity index (χ3n) is 5.22. The van der Waals surface area contributed by atoms with Crippen molar-refractivity contribution in [2.45, 2.75) is 46.5 Å². The highest BCUT2D eigenvalue weighted by Gasteiger charge is 2.30. The third-order valence-corrected chi connectivity index (χ3v) is 5.22. The van der Waals surface area contributed by atoms with Gasteiger partial charge < -0.3 is 33.5 Å². The molecule has 192 valence electrons. The molecule has 0 saturated carbocycles. The maximum Gasteiger partial charge on any atom is 0.345 e. The van der Waals surface area contributed by atoms with Crippen LogP contribution < -0.4 is 9.47 Å². The molecule has 0 amide bonds. The third kappa shape index (κ3) is 6.64. The van der Waals surface area contributed by atoms with Gasteiger partial charge in [0.1, 0.15) is 23.2 Å². The minimum atomic E-state index is -0.835. The van der Waals surface area contributed by atoms with Crippen LogP contribution >= 0.6 is 0 Å². The highest BCUT2D eigenvalue weighted by Crippen LogP contribution is 2.44. The predicted octanol–water partition coefficient (Wildman–Crippen LogP) is 5.23. The van der Waals surface area contributed by atoms with E-state index in [2.05, 4.69) is 0 Å². The fraction of sp³-hybridized carbons (Fsp3) is 0.462. The van der Waals surface area contributed by atoms with E-state index < -0.39 is 24.3 Å². The smallest absolute Gasteiger partial charge is 0.345 e. The van der Waals surface area contributed by atoms with E-state index in [1.54, 1.807) is 25.1 Å². The second-order valence-corrected chi connectivity index (χ2v) is 8.39. The zero-order chi connectivity index (χ0) is 26.3. The molecular weight excluding hydrogens is 456 g/mol. The molecule has 9 nitrogen and oxygen atoms in total. The SMILES string of the molecule is COC(=O)c1c(Oc2c(O)cc(C)cc2C(OC)OC)ccc([C@@H](CC(C)C)OC(C)=O)c1OC. The highest BCUT2D eigenvalue weighted by atomic mass is 16.7. The van der Waals surface area contributed by atoms with Gasteiger partial charge in [-0.15, -0.1) is 0 Å². The van der Waals surface area contributed by atoms with E-state index in [9.17, 15) is 14.7 Å². The molecule has 0 bridgehead atoms. The first kappa shape index (κ1) is 27.9. The molecule has 35 heavy (non-hydrogen) atoms. The van der Waals surface area contributed by atoms with Crippen LogP contribution in [0.5, 0.6) is 23.0 Å². The summed E-state index contributed by atoms with van der Waals surface area (Å²) in [5.41, 5.74) is 1.64. The Labute approximate surface area is 205 Å². The van der Waals surface area contributed by atoms with Crippen LogP contribution in [0.3, 0.4) is 0 Å². The monoisotopic (exact) mass is 490 g/mol. The number of phenolic OH excluding ortho intramolecular Hbond substituents is 1. The molecule has 1 atom stereocenters. The summed E-state index contributed by atoms with van der Waals surface area (Å²) in [6.45, 7) is 7.11. The molecule has 2 aromatic rings. The molecule has 0 fully saturated rings. The number of aromatic hydroxyl groups is 1. The topological polar surface area (TPSA) is 110 Å². The standard InChI is InChI=1S/C26H34O9/c1-14(2)11-21(34-16(4)27)17-9-10-20(22(24(17)30-5)25(29)31-6)35-23-18(26(32-7)33-8)12-15(3)13-19(23)28/h9-10,12-14,21,26,28H,11H2,1-8H3/t21-/m1/s1.